The fraction of sp³-hybridized carbons (Fsp3) is 0.188. The molecular formula is C16H16N4O3S. The third-order valence-corrected chi connectivity index (χ3v) is 3.77. The molecule has 0 unspecified atom stereocenters. The SMILES string of the molecule is CC(=O)c1ccc(NC(=O)/C=C(/C)C(=O)Nc2nnc(C)s2)cc1. The maximum Gasteiger partial charge on any atom is 0.253 e. The number of hydrogen-bond acceptors (Lipinski definition) is 6. The number of benzene rings is 1. The first kappa shape index (κ1) is 17.5. The summed E-state index contributed by atoms with van der Waals surface area (Å²) in [6.07, 6.45) is 1.20. The molecule has 24 heavy (non-hydrogen) atoms. The molecule has 1 aromatic carbocycles. The molecule has 2 amide bonds. The van der Waals surface area contributed by atoms with Crippen LogP contribution in [0.25, 0.3) is 0 Å². The van der Waals surface area contributed by atoms with E-state index in [9.17, 15) is 14.4 Å². The van der Waals surface area contributed by atoms with Crippen LogP contribution >= 0.6 is 11.3 Å². The summed E-state index contributed by atoms with van der Waals surface area (Å²) >= 11 is 1.25. The van der Waals surface area contributed by atoms with Crippen molar-refractivity contribution in [1.29, 1.82) is 0 Å². The lowest BCUT2D eigenvalue weighted by Gasteiger charge is -2.04. The van der Waals surface area contributed by atoms with Gasteiger partial charge in [0.2, 0.25) is 11.0 Å². The molecule has 1 aromatic heterocycles. The molecule has 7 nitrogen and oxygen atoms in total. The van der Waals surface area contributed by atoms with Crippen LogP contribution < -0.4 is 10.6 Å². The molecule has 0 saturated carbocycles. The van der Waals surface area contributed by atoms with Gasteiger partial charge in [0.15, 0.2) is 5.78 Å². The molecule has 0 bridgehead atoms. The minimum atomic E-state index is -0.438. The van der Waals surface area contributed by atoms with Gasteiger partial charge in [0, 0.05) is 22.9 Å². The highest BCUT2D eigenvalue weighted by atomic mass is 32.1. The van der Waals surface area contributed by atoms with Crippen LogP contribution in [0.5, 0.6) is 0 Å². The summed E-state index contributed by atoms with van der Waals surface area (Å²) in [4.78, 5) is 35.1. The second kappa shape index (κ2) is 7.60. The maximum atomic E-state index is 12.0. The summed E-state index contributed by atoms with van der Waals surface area (Å²) in [5.74, 6) is -0.910. The van der Waals surface area contributed by atoms with Crippen molar-refractivity contribution in [3.8, 4) is 0 Å². The van der Waals surface area contributed by atoms with Crippen molar-refractivity contribution in [2.75, 3.05) is 10.6 Å². The van der Waals surface area contributed by atoms with Gasteiger partial charge in [0.05, 0.1) is 0 Å². The first-order valence-electron chi connectivity index (χ1n) is 7.07. The molecule has 0 atom stereocenters. The summed E-state index contributed by atoms with van der Waals surface area (Å²) in [6, 6.07) is 6.50. The van der Waals surface area contributed by atoms with Gasteiger partial charge in [-0.2, -0.15) is 0 Å². The van der Waals surface area contributed by atoms with Gasteiger partial charge in [-0.3, -0.25) is 19.7 Å². The van der Waals surface area contributed by atoms with Crippen LogP contribution in [0.1, 0.15) is 29.2 Å². The van der Waals surface area contributed by atoms with Crippen LogP contribution in [0.2, 0.25) is 0 Å². The Morgan fingerprint density at radius 1 is 1.04 bits per heavy atom. The number of ketones is 1. The zero-order chi connectivity index (χ0) is 17.7. The zero-order valence-electron chi connectivity index (χ0n) is 13.4. The summed E-state index contributed by atoms with van der Waals surface area (Å²) in [5.41, 5.74) is 1.33. The normalized spacial score (nSPS) is 11.0. The second-order valence-corrected chi connectivity index (χ2v) is 6.21. The number of amides is 2. The Labute approximate surface area is 142 Å². The third kappa shape index (κ3) is 4.82. The van der Waals surface area contributed by atoms with Gasteiger partial charge in [0.25, 0.3) is 5.91 Å². The van der Waals surface area contributed by atoms with Crippen LogP contribution in [0.4, 0.5) is 10.8 Å². The number of rotatable bonds is 5. The van der Waals surface area contributed by atoms with Gasteiger partial charge in [-0.05, 0) is 45.0 Å². The van der Waals surface area contributed by atoms with Crippen LogP contribution in [0, 0.1) is 6.92 Å². The summed E-state index contributed by atoms with van der Waals surface area (Å²) in [5, 5.41) is 13.9. The van der Waals surface area contributed by atoms with Gasteiger partial charge in [0.1, 0.15) is 5.01 Å². The largest absolute Gasteiger partial charge is 0.323 e. The van der Waals surface area contributed by atoms with E-state index in [1.54, 1.807) is 31.2 Å². The number of carbonyl (C=O) groups excluding carboxylic acids is 3. The molecule has 0 aliphatic carbocycles. The predicted molar refractivity (Wildman–Crippen MR) is 92.1 cm³/mol. The van der Waals surface area contributed by atoms with E-state index >= 15 is 0 Å². The number of nitrogens with zero attached hydrogens (tertiary/aromatic N) is 2. The van der Waals surface area contributed by atoms with Crippen LogP contribution in [0.15, 0.2) is 35.9 Å². The van der Waals surface area contributed by atoms with Crippen molar-refractivity contribution in [2.24, 2.45) is 0 Å². The first-order valence-corrected chi connectivity index (χ1v) is 7.88. The monoisotopic (exact) mass is 344 g/mol. The average molecular weight is 344 g/mol. The fourth-order valence-electron chi connectivity index (χ4n) is 1.77. The molecule has 0 fully saturated rings. The molecule has 124 valence electrons. The van der Waals surface area contributed by atoms with E-state index in [1.165, 1.54) is 31.3 Å². The van der Waals surface area contributed by atoms with Crippen molar-refractivity contribution in [1.82, 2.24) is 10.2 Å². The summed E-state index contributed by atoms with van der Waals surface area (Å²) in [7, 11) is 0. The van der Waals surface area contributed by atoms with Crippen molar-refractivity contribution in [3.05, 3.63) is 46.5 Å². The average Bonchev–Trinajstić information content (AvgIpc) is 2.92. The third-order valence-electron chi connectivity index (χ3n) is 3.01. The Balaban J connectivity index is 1.97. The van der Waals surface area contributed by atoms with Gasteiger partial charge < -0.3 is 5.32 Å². The van der Waals surface area contributed by atoms with E-state index in [-0.39, 0.29) is 11.4 Å². The van der Waals surface area contributed by atoms with Crippen molar-refractivity contribution < 1.29 is 14.4 Å². The van der Waals surface area contributed by atoms with Crippen LogP contribution in [-0.2, 0) is 9.59 Å². The highest BCUT2D eigenvalue weighted by Gasteiger charge is 2.10. The molecule has 2 N–H and O–H groups in total. The lowest BCUT2D eigenvalue weighted by molar-refractivity contribution is -0.114. The van der Waals surface area contributed by atoms with Crippen molar-refractivity contribution >= 4 is 39.8 Å². The molecule has 2 rings (SSSR count). The van der Waals surface area contributed by atoms with Gasteiger partial charge in [-0.25, -0.2) is 0 Å². The number of anilines is 2. The number of nitrogens with one attached hydrogen (secondary N) is 2. The lowest BCUT2D eigenvalue weighted by atomic mass is 10.1. The van der Waals surface area contributed by atoms with Crippen molar-refractivity contribution in [2.45, 2.75) is 20.8 Å². The molecule has 0 aliphatic rings. The zero-order valence-corrected chi connectivity index (χ0v) is 14.2. The molecule has 0 aliphatic heterocycles. The number of carbonyl (C=O) groups is 3. The summed E-state index contributed by atoms with van der Waals surface area (Å²) in [6.45, 7) is 4.78. The highest BCUT2D eigenvalue weighted by Crippen LogP contribution is 2.15. The second-order valence-electron chi connectivity index (χ2n) is 5.03. The fourth-order valence-corrected chi connectivity index (χ4v) is 2.36. The Morgan fingerprint density at radius 2 is 1.71 bits per heavy atom. The Hall–Kier alpha value is -2.87. The van der Waals surface area contributed by atoms with Gasteiger partial charge in [-0.15, -0.1) is 10.2 Å². The molecule has 1 heterocycles. The van der Waals surface area contributed by atoms with E-state index in [0.717, 1.165) is 5.01 Å². The Kier molecular flexibility index (Phi) is 5.54. The molecule has 0 saturated heterocycles. The quantitative estimate of drug-likeness (QED) is 0.641. The van der Waals surface area contributed by atoms with E-state index < -0.39 is 11.8 Å². The number of hydrogen-bond donors (Lipinski definition) is 2. The molecule has 0 spiro atoms. The smallest absolute Gasteiger partial charge is 0.253 e. The van der Waals surface area contributed by atoms with E-state index in [2.05, 4.69) is 20.8 Å². The van der Waals surface area contributed by atoms with Gasteiger partial charge >= 0.3 is 0 Å². The molecule has 2 aromatic rings. The Morgan fingerprint density at radius 3 is 2.25 bits per heavy atom. The standard InChI is InChI=1S/C16H16N4O3S/c1-9(15(23)18-16-20-19-11(3)24-16)8-14(22)17-13-6-4-12(5-7-13)10(2)21/h4-8H,1-3H3,(H,17,22)(H,18,20,23)/b9-8-. The van der Waals surface area contributed by atoms with E-state index in [4.69, 9.17) is 0 Å². The summed E-state index contributed by atoms with van der Waals surface area (Å²) < 4.78 is 0. The lowest BCUT2D eigenvalue weighted by Crippen LogP contribution is -2.16. The van der Waals surface area contributed by atoms with Gasteiger partial charge in [-0.1, -0.05) is 11.3 Å². The molecule has 0 radical (unpaired) electrons. The highest BCUT2D eigenvalue weighted by molar-refractivity contribution is 7.15. The number of Topliss-reactive ketones (excluding diaryl/α,β-unsaturated/α-hetero) is 1. The number of aryl methyl sites for hydroxylation is 1. The first-order chi connectivity index (χ1) is 11.3. The molecular weight excluding hydrogens is 328 g/mol. The predicted octanol–water partition coefficient (Wildman–Crippen LogP) is 2.57. The number of aromatic nitrogens is 2. The minimum Gasteiger partial charge on any atom is -0.323 e. The van der Waals surface area contributed by atoms with Crippen molar-refractivity contribution in [3.63, 3.8) is 0 Å². The van der Waals surface area contributed by atoms with Crippen LogP contribution in [0.3, 0.4) is 0 Å². The van der Waals surface area contributed by atoms with Crippen LogP contribution in [-0.4, -0.2) is 27.8 Å². The maximum absolute atomic E-state index is 12.0. The van der Waals surface area contributed by atoms with E-state index in [0.29, 0.717) is 16.4 Å². The Bertz CT molecular complexity index is 809. The topological polar surface area (TPSA) is 101 Å². The molecule has 8 heteroatoms. The minimum absolute atomic E-state index is 0.0489. The van der Waals surface area contributed by atoms with E-state index in [1.807, 2.05) is 0 Å².